The van der Waals surface area contributed by atoms with Gasteiger partial charge in [0, 0.05) is 29.9 Å². The summed E-state index contributed by atoms with van der Waals surface area (Å²) >= 11 is 5.97. The number of nitrogens with zero attached hydrogens (tertiary/aromatic N) is 4. The molecule has 2 aromatic heterocycles. The van der Waals surface area contributed by atoms with E-state index >= 15 is 0 Å². The zero-order valence-electron chi connectivity index (χ0n) is 18.9. The predicted octanol–water partition coefficient (Wildman–Crippen LogP) is 3.05. The Labute approximate surface area is 210 Å². The third-order valence-electron chi connectivity index (χ3n) is 4.74. The third kappa shape index (κ3) is 6.21. The highest BCUT2D eigenvalue weighted by atomic mass is 35.5. The molecule has 0 aliphatic carbocycles. The highest BCUT2D eigenvalue weighted by molar-refractivity contribution is 6.30. The molecule has 3 N–H and O–H groups in total. The fourth-order valence-corrected chi connectivity index (χ4v) is 3.17. The maximum absolute atomic E-state index is 13.2. The summed E-state index contributed by atoms with van der Waals surface area (Å²) in [6.07, 6.45) is 1.63. The van der Waals surface area contributed by atoms with Crippen molar-refractivity contribution in [3.05, 3.63) is 99.6 Å². The largest absolute Gasteiger partial charge is 0.439 e. The smallest absolute Gasteiger partial charge is 0.295 e. The number of aromatic nitrogens is 4. The lowest BCUT2D eigenvalue weighted by Crippen LogP contribution is -2.44. The molecule has 36 heavy (non-hydrogen) atoms. The van der Waals surface area contributed by atoms with E-state index in [1.165, 1.54) is 11.5 Å². The number of nitrogens with one attached hydrogen (secondary N) is 3. The molecule has 0 saturated carbocycles. The lowest BCUT2D eigenvalue weighted by Gasteiger charge is -2.14. The number of ether oxygens (including phenoxy) is 1. The molecule has 0 atom stereocenters. The van der Waals surface area contributed by atoms with Crippen LogP contribution in [-0.4, -0.2) is 31.6 Å². The summed E-state index contributed by atoms with van der Waals surface area (Å²) in [6.45, 7) is 1.29. The lowest BCUT2D eigenvalue weighted by molar-refractivity contribution is -0.119. The Balaban J connectivity index is 1.61. The minimum Gasteiger partial charge on any atom is -0.439 e. The Morgan fingerprint density at radius 3 is 2.39 bits per heavy atom. The quantitative estimate of drug-likeness (QED) is 0.325. The summed E-state index contributed by atoms with van der Waals surface area (Å²) < 4.78 is 6.95. The van der Waals surface area contributed by atoms with Gasteiger partial charge in [0.25, 0.3) is 11.5 Å². The molecule has 0 aliphatic heterocycles. The first kappa shape index (κ1) is 24.4. The second-order valence-corrected chi connectivity index (χ2v) is 7.88. The SMILES string of the molecule is CC(=O)NNC(=O)c1nnc(Nc2ccc(Oc3ccccn3)cc2)n(Cc2ccc(Cl)cc2)c1=O. The van der Waals surface area contributed by atoms with Gasteiger partial charge >= 0.3 is 0 Å². The maximum Gasteiger partial charge on any atom is 0.295 e. The van der Waals surface area contributed by atoms with Crippen LogP contribution in [0.25, 0.3) is 0 Å². The molecule has 0 radical (unpaired) electrons. The van der Waals surface area contributed by atoms with Crippen LogP contribution in [0, 0.1) is 0 Å². The maximum atomic E-state index is 13.2. The fourth-order valence-electron chi connectivity index (χ4n) is 3.04. The van der Waals surface area contributed by atoms with Crippen molar-refractivity contribution in [1.82, 2.24) is 30.6 Å². The molecule has 0 spiro atoms. The van der Waals surface area contributed by atoms with Crippen molar-refractivity contribution in [2.75, 3.05) is 5.32 Å². The normalized spacial score (nSPS) is 10.4. The molecule has 2 aromatic carbocycles. The van der Waals surface area contributed by atoms with Gasteiger partial charge in [0.2, 0.25) is 23.4 Å². The van der Waals surface area contributed by atoms with Crippen molar-refractivity contribution in [2.45, 2.75) is 13.5 Å². The highest BCUT2D eigenvalue weighted by Crippen LogP contribution is 2.23. The monoisotopic (exact) mass is 505 g/mol. The summed E-state index contributed by atoms with van der Waals surface area (Å²) in [5, 5.41) is 11.4. The number of rotatable bonds is 7. The van der Waals surface area contributed by atoms with Crippen LogP contribution in [0.4, 0.5) is 11.6 Å². The Morgan fingerprint density at radius 1 is 0.972 bits per heavy atom. The van der Waals surface area contributed by atoms with E-state index < -0.39 is 23.1 Å². The van der Waals surface area contributed by atoms with Gasteiger partial charge in [-0.1, -0.05) is 29.8 Å². The van der Waals surface area contributed by atoms with E-state index in [4.69, 9.17) is 16.3 Å². The van der Waals surface area contributed by atoms with Gasteiger partial charge in [0.1, 0.15) is 5.75 Å². The summed E-state index contributed by atoms with van der Waals surface area (Å²) in [7, 11) is 0. The average molecular weight is 506 g/mol. The first-order chi connectivity index (χ1) is 17.4. The van der Waals surface area contributed by atoms with E-state index in [1.807, 2.05) is 6.07 Å². The Hall–Kier alpha value is -4.77. The van der Waals surface area contributed by atoms with Crippen LogP contribution in [-0.2, 0) is 11.3 Å². The number of hydrogen-bond donors (Lipinski definition) is 3. The topological polar surface area (TPSA) is 140 Å². The molecule has 2 amide bonds. The molecule has 0 saturated heterocycles. The molecule has 0 bridgehead atoms. The van der Waals surface area contributed by atoms with E-state index in [0.29, 0.717) is 22.3 Å². The van der Waals surface area contributed by atoms with Crippen LogP contribution in [0.3, 0.4) is 0 Å². The molecule has 2 heterocycles. The van der Waals surface area contributed by atoms with Gasteiger partial charge in [-0.15, -0.1) is 10.2 Å². The Kier molecular flexibility index (Phi) is 7.51. The number of pyridine rings is 1. The van der Waals surface area contributed by atoms with Crippen molar-refractivity contribution >= 4 is 35.1 Å². The summed E-state index contributed by atoms with van der Waals surface area (Å²) in [6, 6.07) is 19.1. The minimum absolute atomic E-state index is 0.0785. The number of hydrogen-bond acceptors (Lipinski definition) is 8. The van der Waals surface area contributed by atoms with Crippen molar-refractivity contribution in [1.29, 1.82) is 0 Å². The van der Waals surface area contributed by atoms with Crippen molar-refractivity contribution in [2.24, 2.45) is 0 Å². The van der Waals surface area contributed by atoms with Crippen LogP contribution < -0.4 is 26.5 Å². The molecule has 0 fully saturated rings. The number of carbonyl (C=O) groups excluding carboxylic acids is 2. The van der Waals surface area contributed by atoms with Gasteiger partial charge in [-0.05, 0) is 48.0 Å². The van der Waals surface area contributed by atoms with Crippen LogP contribution >= 0.6 is 11.6 Å². The van der Waals surface area contributed by atoms with E-state index in [-0.39, 0.29) is 12.5 Å². The molecule has 4 rings (SSSR count). The van der Waals surface area contributed by atoms with Crippen LogP contribution in [0.1, 0.15) is 23.0 Å². The summed E-state index contributed by atoms with van der Waals surface area (Å²) in [4.78, 5) is 40.8. The predicted molar refractivity (Wildman–Crippen MR) is 132 cm³/mol. The highest BCUT2D eigenvalue weighted by Gasteiger charge is 2.19. The number of amides is 2. The first-order valence-corrected chi connectivity index (χ1v) is 11.0. The molecule has 4 aromatic rings. The van der Waals surface area contributed by atoms with Gasteiger partial charge in [-0.25, -0.2) is 4.98 Å². The van der Waals surface area contributed by atoms with E-state index in [9.17, 15) is 14.4 Å². The third-order valence-corrected chi connectivity index (χ3v) is 4.99. The van der Waals surface area contributed by atoms with Gasteiger partial charge in [0.15, 0.2) is 0 Å². The number of anilines is 2. The number of benzene rings is 2. The van der Waals surface area contributed by atoms with E-state index in [2.05, 4.69) is 31.3 Å². The van der Waals surface area contributed by atoms with Crippen LogP contribution in [0.2, 0.25) is 5.02 Å². The molecular weight excluding hydrogens is 486 g/mol. The Morgan fingerprint density at radius 2 is 1.72 bits per heavy atom. The average Bonchev–Trinajstić information content (AvgIpc) is 2.88. The van der Waals surface area contributed by atoms with E-state index in [0.717, 1.165) is 5.56 Å². The molecule has 11 nitrogen and oxygen atoms in total. The number of carbonyl (C=O) groups is 2. The fraction of sp³-hybridized carbons (Fsp3) is 0.0833. The van der Waals surface area contributed by atoms with Gasteiger partial charge in [-0.2, -0.15) is 0 Å². The lowest BCUT2D eigenvalue weighted by atomic mass is 10.2. The molecule has 0 unspecified atom stereocenters. The number of hydrazine groups is 1. The molecular formula is C24H20ClN7O4. The molecule has 0 aliphatic rings. The van der Waals surface area contributed by atoms with Crippen molar-refractivity contribution in [3.8, 4) is 11.6 Å². The van der Waals surface area contributed by atoms with Crippen LogP contribution in [0.5, 0.6) is 11.6 Å². The zero-order valence-corrected chi connectivity index (χ0v) is 19.7. The first-order valence-electron chi connectivity index (χ1n) is 10.6. The summed E-state index contributed by atoms with van der Waals surface area (Å²) in [5.74, 6) is -0.283. The van der Waals surface area contributed by atoms with Crippen LogP contribution in [0.15, 0.2) is 77.7 Å². The Bertz CT molecular complexity index is 1430. The second kappa shape index (κ2) is 11.1. The van der Waals surface area contributed by atoms with Crippen molar-refractivity contribution < 1.29 is 14.3 Å². The minimum atomic E-state index is -0.893. The zero-order chi connectivity index (χ0) is 25.5. The van der Waals surface area contributed by atoms with Gasteiger partial charge in [-0.3, -0.25) is 29.8 Å². The van der Waals surface area contributed by atoms with E-state index in [1.54, 1.807) is 66.9 Å². The summed E-state index contributed by atoms with van der Waals surface area (Å²) in [5.41, 5.74) is 4.39. The molecule has 12 heteroatoms. The second-order valence-electron chi connectivity index (χ2n) is 7.44. The standard InChI is InChI=1S/C24H20ClN7O4/c1-15(33)28-30-22(34)21-23(35)32(14-16-5-7-17(25)8-6-16)24(31-29-21)27-18-9-11-19(12-10-18)36-20-4-2-3-13-26-20/h2-13H,14H2,1H3,(H,27,31)(H,28,33)(H,30,34). The van der Waals surface area contributed by atoms with Gasteiger partial charge in [0.05, 0.1) is 6.54 Å². The molecule has 182 valence electrons. The van der Waals surface area contributed by atoms with Crippen molar-refractivity contribution in [3.63, 3.8) is 0 Å². The van der Waals surface area contributed by atoms with Gasteiger partial charge < -0.3 is 10.1 Å². The number of halogens is 1.